The van der Waals surface area contributed by atoms with Crippen LogP contribution in [-0.4, -0.2) is 49.6 Å². The van der Waals surface area contributed by atoms with Crippen LogP contribution in [0.2, 0.25) is 0 Å². The number of aromatic amines is 1. The Morgan fingerprint density at radius 2 is 2.03 bits per heavy atom. The molecule has 7 heteroatoms. The van der Waals surface area contributed by atoms with Crippen molar-refractivity contribution in [1.29, 1.82) is 0 Å². The fraction of sp³-hybridized carbons (Fsp3) is 0.400. The molecule has 1 aliphatic heterocycles. The number of nitrogens with one attached hydrogen (secondary N) is 2. The number of hydrogen-bond donors (Lipinski definition) is 2. The van der Waals surface area contributed by atoms with Crippen LogP contribution >= 0.6 is 11.8 Å². The quantitative estimate of drug-likeness (QED) is 0.561. The second kappa shape index (κ2) is 8.71. The van der Waals surface area contributed by atoms with E-state index in [1.54, 1.807) is 0 Å². The van der Waals surface area contributed by atoms with Crippen molar-refractivity contribution in [1.82, 2.24) is 20.1 Å². The molecule has 1 saturated heterocycles. The summed E-state index contributed by atoms with van der Waals surface area (Å²) < 4.78 is 0.282. The van der Waals surface area contributed by atoms with Crippen LogP contribution in [0.25, 0.3) is 11.4 Å². The average molecular weight is 448 g/mol. The van der Waals surface area contributed by atoms with E-state index >= 15 is 0 Å². The Kier molecular flexibility index (Phi) is 5.78. The third-order valence-corrected chi connectivity index (χ3v) is 7.27. The molecule has 2 N–H and O–H groups in total. The van der Waals surface area contributed by atoms with Crippen LogP contribution in [0.5, 0.6) is 0 Å². The van der Waals surface area contributed by atoms with Crippen LogP contribution in [0.3, 0.4) is 0 Å². The van der Waals surface area contributed by atoms with Gasteiger partial charge in [0.15, 0.2) is 5.82 Å². The van der Waals surface area contributed by atoms with Crippen molar-refractivity contribution in [3.63, 3.8) is 0 Å². The van der Waals surface area contributed by atoms with Gasteiger partial charge in [0.1, 0.15) is 5.82 Å². The number of thioether (sulfide) groups is 1. The van der Waals surface area contributed by atoms with Crippen LogP contribution in [0.4, 0.5) is 5.69 Å². The van der Waals surface area contributed by atoms with Gasteiger partial charge in [-0.25, -0.2) is 4.98 Å². The molecule has 0 spiro atoms. The summed E-state index contributed by atoms with van der Waals surface area (Å²) in [5, 5.41) is 10.4. The van der Waals surface area contributed by atoms with Gasteiger partial charge in [-0.1, -0.05) is 12.1 Å². The summed E-state index contributed by atoms with van der Waals surface area (Å²) in [7, 11) is 0. The van der Waals surface area contributed by atoms with Crippen LogP contribution in [0.1, 0.15) is 54.4 Å². The van der Waals surface area contributed by atoms with Gasteiger partial charge in [-0.15, -0.1) is 0 Å². The molecule has 0 unspecified atom stereocenters. The highest BCUT2D eigenvalue weighted by atomic mass is 32.2. The van der Waals surface area contributed by atoms with Gasteiger partial charge < -0.3 is 5.32 Å². The molecule has 1 aromatic heterocycles. The second-order valence-corrected chi connectivity index (χ2v) is 11.2. The van der Waals surface area contributed by atoms with E-state index in [2.05, 4.69) is 45.3 Å². The van der Waals surface area contributed by atoms with Crippen molar-refractivity contribution >= 4 is 23.4 Å². The second-order valence-electron chi connectivity index (χ2n) is 9.37. The smallest absolute Gasteiger partial charge is 0.255 e. The highest BCUT2D eigenvalue weighted by Gasteiger charge is 2.28. The number of benzene rings is 2. The summed E-state index contributed by atoms with van der Waals surface area (Å²) in [5.41, 5.74) is 3.56. The minimum atomic E-state index is -0.0944. The van der Waals surface area contributed by atoms with E-state index in [1.165, 1.54) is 18.4 Å². The van der Waals surface area contributed by atoms with Gasteiger partial charge in [0.2, 0.25) is 0 Å². The molecule has 0 bridgehead atoms. The SMILES string of the molecule is CC1(C)CN(Cc2cccc(C(=O)Nc3ccc(-c4n[nH]c(C5CC5)n4)cc3)c2)CCS1. The zero-order chi connectivity index (χ0) is 22.1. The molecule has 1 saturated carbocycles. The molecule has 166 valence electrons. The maximum absolute atomic E-state index is 12.8. The fourth-order valence-electron chi connectivity index (χ4n) is 4.17. The number of H-pyrrole nitrogens is 1. The minimum Gasteiger partial charge on any atom is -0.322 e. The molecular weight excluding hydrogens is 418 g/mol. The first-order chi connectivity index (χ1) is 15.4. The van der Waals surface area contributed by atoms with Crippen molar-refractivity contribution in [2.24, 2.45) is 0 Å². The Labute approximate surface area is 193 Å². The lowest BCUT2D eigenvalue weighted by atomic mass is 10.1. The van der Waals surface area contributed by atoms with E-state index in [0.717, 1.165) is 42.5 Å². The van der Waals surface area contributed by atoms with Gasteiger partial charge in [0.25, 0.3) is 5.91 Å². The molecule has 2 heterocycles. The lowest BCUT2D eigenvalue weighted by Gasteiger charge is -2.37. The van der Waals surface area contributed by atoms with Gasteiger partial charge in [0, 0.05) is 52.9 Å². The first-order valence-electron chi connectivity index (χ1n) is 11.2. The van der Waals surface area contributed by atoms with Crippen LogP contribution in [-0.2, 0) is 6.54 Å². The lowest BCUT2D eigenvalue weighted by Crippen LogP contribution is -2.42. The molecule has 6 nitrogen and oxygen atoms in total. The van der Waals surface area contributed by atoms with E-state index in [4.69, 9.17) is 0 Å². The monoisotopic (exact) mass is 447 g/mol. The number of amides is 1. The highest BCUT2D eigenvalue weighted by molar-refractivity contribution is 8.00. The van der Waals surface area contributed by atoms with E-state index in [1.807, 2.05) is 54.2 Å². The Balaban J connectivity index is 1.22. The predicted molar refractivity (Wildman–Crippen MR) is 130 cm³/mol. The topological polar surface area (TPSA) is 73.9 Å². The lowest BCUT2D eigenvalue weighted by molar-refractivity contribution is 0.102. The molecule has 2 aromatic carbocycles. The zero-order valence-corrected chi connectivity index (χ0v) is 19.4. The number of rotatable bonds is 6. The molecule has 0 atom stereocenters. The van der Waals surface area contributed by atoms with Crippen molar-refractivity contribution < 1.29 is 4.79 Å². The van der Waals surface area contributed by atoms with E-state index in [-0.39, 0.29) is 10.7 Å². The summed E-state index contributed by atoms with van der Waals surface area (Å²) in [5.74, 6) is 3.29. The number of aromatic nitrogens is 3. The third kappa shape index (κ3) is 5.05. The zero-order valence-electron chi connectivity index (χ0n) is 18.6. The first kappa shape index (κ1) is 21.2. The molecular formula is C25H29N5OS. The molecule has 2 fully saturated rings. The molecule has 1 aliphatic carbocycles. The first-order valence-corrected chi connectivity index (χ1v) is 12.2. The Morgan fingerprint density at radius 1 is 1.22 bits per heavy atom. The van der Waals surface area contributed by atoms with E-state index in [9.17, 15) is 4.79 Å². The summed E-state index contributed by atoms with van der Waals surface area (Å²) in [6, 6.07) is 15.6. The van der Waals surface area contributed by atoms with Crippen molar-refractivity contribution in [2.75, 3.05) is 24.2 Å². The molecule has 3 aromatic rings. The van der Waals surface area contributed by atoms with Gasteiger partial charge in [0.05, 0.1) is 0 Å². The fourth-order valence-corrected chi connectivity index (χ4v) is 5.34. The third-order valence-electron chi connectivity index (χ3n) is 5.97. The van der Waals surface area contributed by atoms with Crippen LogP contribution in [0, 0.1) is 0 Å². The van der Waals surface area contributed by atoms with E-state index < -0.39 is 0 Å². The van der Waals surface area contributed by atoms with Gasteiger partial charge in [-0.2, -0.15) is 16.9 Å². The number of nitrogens with zero attached hydrogens (tertiary/aromatic N) is 3. The normalized spacial score (nSPS) is 18.4. The standard InChI is InChI=1S/C25H29N5OS/c1-25(2)16-30(12-13-32-25)15-17-4-3-5-20(14-17)24(31)26-21-10-8-19(9-11-21)23-27-22(28-29-23)18-6-7-18/h3-5,8-11,14,18H,6-7,12-13,15-16H2,1-2H3,(H,26,31)(H,27,28,29). The van der Waals surface area contributed by atoms with Crippen molar-refractivity contribution in [2.45, 2.75) is 43.9 Å². The maximum Gasteiger partial charge on any atom is 0.255 e. The summed E-state index contributed by atoms with van der Waals surface area (Å²) in [6.45, 7) is 7.62. The number of carbonyl (C=O) groups excluding carboxylic acids is 1. The Hall–Kier alpha value is -2.64. The molecule has 5 rings (SSSR count). The molecule has 0 radical (unpaired) electrons. The maximum atomic E-state index is 12.8. The predicted octanol–water partition coefficient (Wildman–Crippen LogP) is 4.93. The number of hydrogen-bond acceptors (Lipinski definition) is 5. The Morgan fingerprint density at radius 3 is 2.78 bits per heavy atom. The van der Waals surface area contributed by atoms with Gasteiger partial charge >= 0.3 is 0 Å². The van der Waals surface area contributed by atoms with Crippen LogP contribution in [0.15, 0.2) is 48.5 Å². The molecule has 2 aliphatic rings. The molecule has 1 amide bonds. The Bertz CT molecular complexity index is 1100. The van der Waals surface area contributed by atoms with Gasteiger partial charge in [-0.05, 0) is 68.7 Å². The summed E-state index contributed by atoms with van der Waals surface area (Å²) in [4.78, 5) is 19.9. The van der Waals surface area contributed by atoms with Crippen LogP contribution < -0.4 is 5.32 Å². The minimum absolute atomic E-state index is 0.0944. The van der Waals surface area contributed by atoms with Crippen molar-refractivity contribution in [3.8, 4) is 11.4 Å². The average Bonchev–Trinajstić information content (AvgIpc) is 3.50. The largest absolute Gasteiger partial charge is 0.322 e. The number of anilines is 1. The van der Waals surface area contributed by atoms with Crippen molar-refractivity contribution in [3.05, 3.63) is 65.5 Å². The molecule has 32 heavy (non-hydrogen) atoms. The van der Waals surface area contributed by atoms with E-state index in [0.29, 0.717) is 17.3 Å². The number of carbonyl (C=O) groups is 1. The summed E-state index contributed by atoms with van der Waals surface area (Å²) >= 11 is 2.03. The van der Waals surface area contributed by atoms with Gasteiger partial charge in [-0.3, -0.25) is 14.8 Å². The summed E-state index contributed by atoms with van der Waals surface area (Å²) in [6.07, 6.45) is 2.38. The highest BCUT2D eigenvalue weighted by Crippen LogP contribution is 2.38.